The molecule has 0 aliphatic carbocycles. The summed E-state index contributed by atoms with van der Waals surface area (Å²) in [6, 6.07) is 14.5. The highest BCUT2D eigenvalue weighted by Crippen LogP contribution is 2.21. The second-order valence-corrected chi connectivity index (χ2v) is 8.67. The molecule has 142 valence electrons. The number of benzene rings is 1. The van der Waals surface area contributed by atoms with Gasteiger partial charge in [-0.1, -0.05) is 30.3 Å². The van der Waals surface area contributed by atoms with Gasteiger partial charge < -0.3 is 5.32 Å². The zero-order valence-electron chi connectivity index (χ0n) is 14.4. The second-order valence-electron chi connectivity index (χ2n) is 6.00. The lowest BCUT2D eigenvalue weighted by atomic mass is 10.2. The molecule has 10 heteroatoms. The van der Waals surface area contributed by atoms with Crippen molar-refractivity contribution in [3.05, 3.63) is 71.2 Å². The highest BCUT2D eigenvalue weighted by atomic mass is 32.2. The van der Waals surface area contributed by atoms with Gasteiger partial charge in [-0.3, -0.25) is 9.20 Å². The first-order chi connectivity index (χ1) is 13.4. The van der Waals surface area contributed by atoms with Crippen LogP contribution < -0.4 is 10.5 Å². The SMILES string of the molecule is NS(=O)(=O)c1sccc1CNC(=O)c1ccc2nnc(-c3ccccc3)n2c1. The number of aromatic nitrogens is 3. The maximum Gasteiger partial charge on any atom is 0.253 e. The fraction of sp³-hybridized carbons (Fsp3) is 0.0556. The lowest BCUT2D eigenvalue weighted by molar-refractivity contribution is 0.0950. The fourth-order valence-corrected chi connectivity index (χ4v) is 4.65. The van der Waals surface area contributed by atoms with E-state index in [9.17, 15) is 13.2 Å². The van der Waals surface area contributed by atoms with Crippen LogP contribution in [-0.4, -0.2) is 28.9 Å². The highest BCUT2D eigenvalue weighted by molar-refractivity contribution is 7.91. The topological polar surface area (TPSA) is 119 Å². The van der Waals surface area contributed by atoms with E-state index in [1.807, 2.05) is 30.3 Å². The van der Waals surface area contributed by atoms with E-state index in [1.165, 1.54) is 0 Å². The molecule has 0 unspecified atom stereocenters. The van der Waals surface area contributed by atoms with Crippen LogP contribution in [0, 0.1) is 0 Å². The Labute approximate surface area is 164 Å². The summed E-state index contributed by atoms with van der Waals surface area (Å²) in [6.45, 7) is 0.0554. The van der Waals surface area contributed by atoms with Gasteiger partial charge in [-0.2, -0.15) is 0 Å². The van der Waals surface area contributed by atoms with Crippen molar-refractivity contribution < 1.29 is 13.2 Å². The number of sulfonamides is 1. The van der Waals surface area contributed by atoms with Gasteiger partial charge in [0, 0.05) is 23.9 Å². The maximum atomic E-state index is 12.6. The van der Waals surface area contributed by atoms with Crippen molar-refractivity contribution in [1.82, 2.24) is 19.9 Å². The molecule has 3 N–H and O–H groups in total. The second kappa shape index (κ2) is 7.15. The van der Waals surface area contributed by atoms with E-state index in [4.69, 9.17) is 5.14 Å². The molecular formula is C18H15N5O3S2. The molecule has 1 amide bonds. The van der Waals surface area contributed by atoms with Gasteiger partial charge in [-0.05, 0) is 23.6 Å². The summed E-state index contributed by atoms with van der Waals surface area (Å²) in [6.07, 6.45) is 1.65. The number of primary sulfonamides is 1. The summed E-state index contributed by atoms with van der Waals surface area (Å²) >= 11 is 1.02. The third-order valence-electron chi connectivity index (χ3n) is 4.10. The average molecular weight is 413 g/mol. The predicted molar refractivity (Wildman–Crippen MR) is 105 cm³/mol. The van der Waals surface area contributed by atoms with Crippen LogP contribution in [0.1, 0.15) is 15.9 Å². The Balaban J connectivity index is 1.59. The number of carbonyl (C=O) groups is 1. The van der Waals surface area contributed by atoms with Crippen LogP contribution in [0.2, 0.25) is 0 Å². The van der Waals surface area contributed by atoms with E-state index in [0.29, 0.717) is 22.6 Å². The molecule has 0 atom stereocenters. The van der Waals surface area contributed by atoms with Gasteiger partial charge in [-0.25, -0.2) is 13.6 Å². The quantitative estimate of drug-likeness (QED) is 0.519. The van der Waals surface area contributed by atoms with Gasteiger partial charge in [0.1, 0.15) is 4.21 Å². The smallest absolute Gasteiger partial charge is 0.253 e. The zero-order chi connectivity index (χ0) is 19.7. The zero-order valence-corrected chi connectivity index (χ0v) is 16.1. The number of hydrogen-bond donors (Lipinski definition) is 2. The van der Waals surface area contributed by atoms with Crippen LogP contribution in [0.15, 0.2) is 64.3 Å². The number of pyridine rings is 1. The number of nitrogens with two attached hydrogens (primary N) is 1. The van der Waals surface area contributed by atoms with Crippen LogP contribution in [0.3, 0.4) is 0 Å². The normalized spacial score (nSPS) is 11.6. The van der Waals surface area contributed by atoms with E-state index >= 15 is 0 Å². The van der Waals surface area contributed by atoms with E-state index in [-0.39, 0.29) is 16.7 Å². The molecule has 0 radical (unpaired) electrons. The molecule has 3 heterocycles. The van der Waals surface area contributed by atoms with E-state index in [1.54, 1.807) is 34.2 Å². The molecular weight excluding hydrogens is 398 g/mol. The Morgan fingerprint density at radius 2 is 1.89 bits per heavy atom. The first kappa shape index (κ1) is 18.3. The van der Waals surface area contributed by atoms with Crippen molar-refractivity contribution >= 4 is 32.9 Å². The van der Waals surface area contributed by atoms with Gasteiger partial charge in [0.15, 0.2) is 11.5 Å². The highest BCUT2D eigenvalue weighted by Gasteiger charge is 2.17. The number of carbonyl (C=O) groups excluding carboxylic acids is 1. The molecule has 0 aliphatic heterocycles. The molecule has 4 aromatic rings. The van der Waals surface area contributed by atoms with Crippen LogP contribution >= 0.6 is 11.3 Å². The summed E-state index contributed by atoms with van der Waals surface area (Å²) in [5.41, 5.74) is 2.35. The summed E-state index contributed by atoms with van der Waals surface area (Å²) in [7, 11) is -3.81. The van der Waals surface area contributed by atoms with Crippen molar-refractivity contribution in [1.29, 1.82) is 0 Å². The van der Waals surface area contributed by atoms with E-state index in [0.717, 1.165) is 16.9 Å². The number of rotatable bonds is 5. The molecule has 28 heavy (non-hydrogen) atoms. The Kier molecular flexibility index (Phi) is 4.67. The summed E-state index contributed by atoms with van der Waals surface area (Å²) in [4.78, 5) is 12.6. The van der Waals surface area contributed by atoms with Crippen molar-refractivity contribution in [3.8, 4) is 11.4 Å². The van der Waals surface area contributed by atoms with Gasteiger partial charge in [0.25, 0.3) is 5.91 Å². The summed E-state index contributed by atoms with van der Waals surface area (Å²) in [5.74, 6) is 0.278. The Morgan fingerprint density at radius 1 is 1.11 bits per heavy atom. The maximum absolute atomic E-state index is 12.6. The molecule has 0 saturated carbocycles. The summed E-state index contributed by atoms with van der Waals surface area (Å²) in [5, 5.41) is 17.9. The number of nitrogens with zero attached hydrogens (tertiary/aromatic N) is 3. The Bertz CT molecular complexity index is 1260. The minimum atomic E-state index is -3.81. The largest absolute Gasteiger partial charge is 0.348 e. The van der Waals surface area contributed by atoms with Crippen molar-refractivity contribution in [2.24, 2.45) is 5.14 Å². The monoisotopic (exact) mass is 413 g/mol. The lowest BCUT2D eigenvalue weighted by Crippen LogP contribution is -2.24. The molecule has 3 aromatic heterocycles. The molecule has 0 spiro atoms. The van der Waals surface area contributed by atoms with Crippen molar-refractivity contribution in [3.63, 3.8) is 0 Å². The van der Waals surface area contributed by atoms with Gasteiger partial charge in [0.05, 0.1) is 5.56 Å². The molecule has 0 aliphatic rings. The van der Waals surface area contributed by atoms with Crippen LogP contribution in [0.4, 0.5) is 0 Å². The van der Waals surface area contributed by atoms with Crippen LogP contribution in [0.5, 0.6) is 0 Å². The number of thiophene rings is 1. The Hall–Kier alpha value is -3.08. The summed E-state index contributed by atoms with van der Waals surface area (Å²) < 4.78 is 24.9. The fourth-order valence-electron chi connectivity index (χ4n) is 2.79. The number of fused-ring (bicyclic) bond motifs is 1. The first-order valence-corrected chi connectivity index (χ1v) is 10.6. The standard InChI is InChI=1S/C18H15N5O3S2/c19-28(25,26)18-13(8-9-27-18)10-20-17(24)14-6-7-15-21-22-16(23(15)11-14)12-4-2-1-3-5-12/h1-9,11H,10H2,(H,20,24)(H2,19,25,26). The molecule has 0 bridgehead atoms. The van der Waals surface area contributed by atoms with Crippen molar-refractivity contribution in [2.45, 2.75) is 10.8 Å². The average Bonchev–Trinajstić information content (AvgIpc) is 3.33. The first-order valence-electron chi connectivity index (χ1n) is 8.21. The Morgan fingerprint density at radius 3 is 2.64 bits per heavy atom. The van der Waals surface area contributed by atoms with Gasteiger partial charge in [-0.15, -0.1) is 21.5 Å². The van der Waals surface area contributed by atoms with Crippen LogP contribution in [-0.2, 0) is 16.6 Å². The predicted octanol–water partition coefficient (Wildman–Crippen LogP) is 2.04. The van der Waals surface area contributed by atoms with Gasteiger partial charge in [0.2, 0.25) is 10.0 Å². The molecule has 8 nitrogen and oxygen atoms in total. The van der Waals surface area contributed by atoms with E-state index < -0.39 is 10.0 Å². The molecule has 4 rings (SSSR count). The number of amides is 1. The van der Waals surface area contributed by atoms with Crippen molar-refractivity contribution in [2.75, 3.05) is 0 Å². The molecule has 0 fully saturated rings. The van der Waals surface area contributed by atoms with E-state index in [2.05, 4.69) is 15.5 Å². The van der Waals surface area contributed by atoms with Gasteiger partial charge >= 0.3 is 0 Å². The number of hydrogen-bond acceptors (Lipinski definition) is 6. The lowest BCUT2D eigenvalue weighted by Gasteiger charge is -2.07. The minimum Gasteiger partial charge on any atom is -0.348 e. The third kappa shape index (κ3) is 3.52. The molecule has 0 saturated heterocycles. The van der Waals surface area contributed by atoms with Crippen LogP contribution in [0.25, 0.3) is 17.0 Å². The molecule has 1 aromatic carbocycles. The third-order valence-corrected chi connectivity index (χ3v) is 6.61. The minimum absolute atomic E-state index is 0.0495. The number of nitrogens with one attached hydrogen (secondary N) is 1.